The molecule has 3 nitrogen and oxygen atoms in total. The molecule has 0 bridgehead atoms. The fourth-order valence-electron chi connectivity index (χ4n) is 2.40. The van der Waals surface area contributed by atoms with Gasteiger partial charge >= 0.3 is 7.12 Å². The molecule has 23 heavy (non-hydrogen) atoms. The molecule has 0 N–H and O–H groups in total. The van der Waals surface area contributed by atoms with Crippen LogP contribution in [0.25, 0.3) is 0 Å². The minimum atomic E-state index is -0.513. The van der Waals surface area contributed by atoms with Gasteiger partial charge in [-0.25, -0.2) is 4.39 Å². The second kappa shape index (κ2) is 6.73. The van der Waals surface area contributed by atoms with E-state index < -0.39 is 12.9 Å². The fourth-order valence-corrected chi connectivity index (χ4v) is 2.40. The molecule has 0 atom stereocenters. The fraction of sp³-hybridized carbons (Fsp3) is 0.333. The zero-order valence-electron chi connectivity index (χ0n) is 13.4. The highest BCUT2D eigenvalue weighted by Crippen LogP contribution is 2.22. The van der Waals surface area contributed by atoms with Crippen molar-refractivity contribution in [1.82, 2.24) is 0 Å². The standard InChI is InChI=1S/C18H20BFO3/c1-18(2)12-22-19(23-13-18)15-8-9-17(16(20)10-15)21-11-14-6-4-3-5-7-14/h3-10H,11-13H2,1-2H3. The molecular formula is C18H20BFO3. The van der Waals surface area contributed by atoms with Gasteiger partial charge in [-0.05, 0) is 23.2 Å². The maximum atomic E-state index is 14.2. The van der Waals surface area contributed by atoms with E-state index in [1.54, 1.807) is 12.1 Å². The molecule has 1 heterocycles. The summed E-state index contributed by atoms with van der Waals surface area (Å²) in [5, 5.41) is 0. The lowest BCUT2D eigenvalue weighted by atomic mass is 9.76. The van der Waals surface area contributed by atoms with Gasteiger partial charge in [0.1, 0.15) is 6.61 Å². The Hall–Kier alpha value is -1.85. The lowest BCUT2D eigenvalue weighted by Gasteiger charge is -2.33. The zero-order chi connectivity index (χ0) is 16.3. The molecule has 0 spiro atoms. The Morgan fingerprint density at radius 1 is 1.09 bits per heavy atom. The molecule has 0 aliphatic carbocycles. The van der Waals surface area contributed by atoms with Crippen molar-refractivity contribution in [2.45, 2.75) is 20.5 Å². The Balaban J connectivity index is 1.64. The van der Waals surface area contributed by atoms with Crippen LogP contribution in [0.5, 0.6) is 5.75 Å². The molecule has 0 aromatic heterocycles. The highest BCUT2D eigenvalue weighted by molar-refractivity contribution is 6.61. The molecule has 1 aliphatic rings. The van der Waals surface area contributed by atoms with Crippen LogP contribution in [0, 0.1) is 11.2 Å². The minimum absolute atomic E-state index is 0.00617. The van der Waals surface area contributed by atoms with Crippen molar-refractivity contribution in [2.75, 3.05) is 13.2 Å². The van der Waals surface area contributed by atoms with Crippen molar-refractivity contribution in [3.63, 3.8) is 0 Å². The Morgan fingerprint density at radius 3 is 2.43 bits per heavy atom. The molecule has 3 rings (SSSR count). The highest BCUT2D eigenvalue weighted by Gasteiger charge is 2.33. The molecule has 5 heteroatoms. The zero-order valence-corrected chi connectivity index (χ0v) is 13.4. The maximum absolute atomic E-state index is 14.2. The van der Waals surface area contributed by atoms with Crippen molar-refractivity contribution < 1.29 is 18.4 Å². The van der Waals surface area contributed by atoms with E-state index in [2.05, 4.69) is 13.8 Å². The van der Waals surface area contributed by atoms with Crippen molar-refractivity contribution in [3.8, 4) is 5.75 Å². The van der Waals surface area contributed by atoms with Crippen LogP contribution >= 0.6 is 0 Å². The quantitative estimate of drug-likeness (QED) is 0.811. The van der Waals surface area contributed by atoms with Crippen LogP contribution in [0.4, 0.5) is 4.39 Å². The number of hydrogen-bond donors (Lipinski definition) is 0. The summed E-state index contributed by atoms with van der Waals surface area (Å²) in [7, 11) is -0.513. The SMILES string of the molecule is CC1(C)COB(c2ccc(OCc3ccccc3)c(F)c2)OC1. The predicted octanol–water partition coefficient (Wildman–Crippen LogP) is 3.17. The Bertz CT molecular complexity index is 651. The summed E-state index contributed by atoms with van der Waals surface area (Å²) < 4.78 is 31.1. The van der Waals surface area contributed by atoms with Gasteiger partial charge in [-0.1, -0.05) is 50.2 Å². The van der Waals surface area contributed by atoms with Crippen LogP contribution in [0.1, 0.15) is 19.4 Å². The topological polar surface area (TPSA) is 27.7 Å². The molecule has 0 unspecified atom stereocenters. The van der Waals surface area contributed by atoms with Crippen molar-refractivity contribution >= 4 is 12.6 Å². The van der Waals surface area contributed by atoms with E-state index in [9.17, 15) is 4.39 Å². The van der Waals surface area contributed by atoms with E-state index >= 15 is 0 Å². The largest absolute Gasteiger partial charge is 0.494 e. The molecule has 1 saturated heterocycles. The second-order valence-corrected chi connectivity index (χ2v) is 6.58. The van der Waals surface area contributed by atoms with Gasteiger partial charge in [-0.15, -0.1) is 0 Å². The van der Waals surface area contributed by atoms with Gasteiger partial charge in [0.25, 0.3) is 0 Å². The van der Waals surface area contributed by atoms with Gasteiger partial charge in [0.2, 0.25) is 0 Å². The summed E-state index contributed by atoms with van der Waals surface area (Å²) in [5.41, 5.74) is 1.66. The summed E-state index contributed by atoms with van der Waals surface area (Å²) in [4.78, 5) is 0. The summed E-state index contributed by atoms with van der Waals surface area (Å²) in [6.45, 7) is 5.66. The average molecular weight is 314 g/mol. The minimum Gasteiger partial charge on any atom is -0.486 e. The lowest BCUT2D eigenvalue weighted by Crippen LogP contribution is -2.47. The van der Waals surface area contributed by atoms with Gasteiger partial charge < -0.3 is 14.0 Å². The lowest BCUT2D eigenvalue weighted by molar-refractivity contribution is 0.0343. The first-order valence-corrected chi connectivity index (χ1v) is 7.73. The summed E-state index contributed by atoms with van der Waals surface area (Å²) >= 11 is 0. The molecule has 0 radical (unpaired) electrons. The van der Waals surface area contributed by atoms with Crippen LogP contribution in [0.2, 0.25) is 0 Å². The molecule has 2 aromatic rings. The Labute approximate surface area is 136 Å². The van der Waals surface area contributed by atoms with Gasteiger partial charge in [0.05, 0.1) is 0 Å². The number of ether oxygens (including phenoxy) is 1. The third-order valence-electron chi connectivity index (χ3n) is 3.72. The first kappa shape index (κ1) is 16.0. The average Bonchev–Trinajstić information content (AvgIpc) is 2.55. The molecule has 1 fully saturated rings. The van der Waals surface area contributed by atoms with E-state index in [0.29, 0.717) is 25.3 Å². The summed E-state index contributed by atoms with van der Waals surface area (Å²) in [6.07, 6.45) is 0. The molecule has 120 valence electrons. The molecule has 2 aromatic carbocycles. The third kappa shape index (κ3) is 4.12. The Kier molecular flexibility index (Phi) is 4.69. The van der Waals surface area contributed by atoms with Crippen LogP contribution in [0.3, 0.4) is 0 Å². The maximum Gasteiger partial charge on any atom is 0.494 e. The predicted molar refractivity (Wildman–Crippen MR) is 88.2 cm³/mol. The number of benzene rings is 2. The molecule has 0 saturated carbocycles. The number of halogens is 1. The monoisotopic (exact) mass is 314 g/mol. The van der Waals surface area contributed by atoms with Crippen LogP contribution < -0.4 is 10.2 Å². The summed E-state index contributed by atoms with van der Waals surface area (Å²) in [5.74, 6) is -0.177. The van der Waals surface area contributed by atoms with Crippen LogP contribution in [0.15, 0.2) is 48.5 Å². The van der Waals surface area contributed by atoms with Gasteiger partial charge in [0, 0.05) is 18.6 Å². The summed E-state index contributed by atoms with van der Waals surface area (Å²) in [6, 6.07) is 14.5. The van der Waals surface area contributed by atoms with E-state index in [0.717, 1.165) is 5.56 Å². The number of hydrogen-bond acceptors (Lipinski definition) is 3. The first-order valence-electron chi connectivity index (χ1n) is 7.73. The Morgan fingerprint density at radius 2 is 1.78 bits per heavy atom. The second-order valence-electron chi connectivity index (χ2n) is 6.58. The molecule has 1 aliphatic heterocycles. The van der Waals surface area contributed by atoms with Crippen LogP contribution in [-0.4, -0.2) is 20.3 Å². The highest BCUT2D eigenvalue weighted by atomic mass is 19.1. The molecular weight excluding hydrogens is 294 g/mol. The van der Waals surface area contributed by atoms with Crippen molar-refractivity contribution in [2.24, 2.45) is 5.41 Å². The van der Waals surface area contributed by atoms with Gasteiger partial charge in [-0.3, -0.25) is 0 Å². The molecule has 0 amide bonds. The third-order valence-corrected chi connectivity index (χ3v) is 3.72. The number of rotatable bonds is 4. The first-order chi connectivity index (χ1) is 11.0. The van der Waals surface area contributed by atoms with Gasteiger partial charge in [0.15, 0.2) is 11.6 Å². The van der Waals surface area contributed by atoms with Crippen molar-refractivity contribution in [1.29, 1.82) is 0 Å². The van der Waals surface area contributed by atoms with Crippen molar-refractivity contribution in [3.05, 3.63) is 59.9 Å². The normalized spacial score (nSPS) is 17.1. The van der Waals surface area contributed by atoms with E-state index in [4.69, 9.17) is 14.0 Å². The van der Waals surface area contributed by atoms with E-state index in [1.165, 1.54) is 6.07 Å². The van der Waals surface area contributed by atoms with E-state index in [-0.39, 0.29) is 11.2 Å². The van der Waals surface area contributed by atoms with E-state index in [1.807, 2.05) is 30.3 Å². The smallest absolute Gasteiger partial charge is 0.486 e. The van der Waals surface area contributed by atoms with Gasteiger partial charge in [-0.2, -0.15) is 0 Å². The van der Waals surface area contributed by atoms with Crippen LogP contribution in [-0.2, 0) is 15.9 Å².